The summed E-state index contributed by atoms with van der Waals surface area (Å²) in [5.74, 6) is -2.02. The van der Waals surface area contributed by atoms with Crippen molar-refractivity contribution in [3.63, 3.8) is 0 Å². The van der Waals surface area contributed by atoms with Crippen molar-refractivity contribution in [2.45, 2.75) is 19.3 Å². The largest absolute Gasteiger partial charge is 0.478 e. The summed E-state index contributed by atoms with van der Waals surface area (Å²) < 4.78 is 0. The minimum absolute atomic E-state index is 0.0854. The summed E-state index contributed by atoms with van der Waals surface area (Å²) in [6, 6.07) is 13.6. The molecule has 0 saturated heterocycles. The van der Waals surface area contributed by atoms with Crippen LogP contribution < -0.4 is 0 Å². The number of benzene rings is 2. The second kappa shape index (κ2) is 6.22. The third-order valence-electron chi connectivity index (χ3n) is 3.50. The van der Waals surface area contributed by atoms with E-state index in [4.69, 9.17) is 0 Å². The summed E-state index contributed by atoms with van der Waals surface area (Å²) in [7, 11) is 0. The highest BCUT2D eigenvalue weighted by Gasteiger charge is 2.17. The molecule has 21 heavy (non-hydrogen) atoms. The van der Waals surface area contributed by atoms with Crippen LogP contribution >= 0.6 is 0 Å². The van der Waals surface area contributed by atoms with Crippen LogP contribution in [0.15, 0.2) is 48.5 Å². The van der Waals surface area contributed by atoms with E-state index in [1.165, 1.54) is 0 Å². The molecule has 0 aliphatic heterocycles. The van der Waals surface area contributed by atoms with E-state index >= 15 is 0 Å². The van der Waals surface area contributed by atoms with Gasteiger partial charge in [0, 0.05) is 0 Å². The number of hydrogen-bond donors (Lipinski definition) is 2. The van der Waals surface area contributed by atoms with Crippen LogP contribution in [0, 0.1) is 0 Å². The zero-order valence-corrected chi connectivity index (χ0v) is 11.6. The molecule has 2 aromatic carbocycles. The number of hydrogen-bond acceptors (Lipinski definition) is 2. The maximum atomic E-state index is 11.3. The summed E-state index contributed by atoms with van der Waals surface area (Å²) in [4.78, 5) is 22.5. The average Bonchev–Trinajstić information content (AvgIpc) is 2.47. The Morgan fingerprint density at radius 2 is 1.43 bits per heavy atom. The fourth-order valence-corrected chi connectivity index (χ4v) is 2.47. The summed E-state index contributed by atoms with van der Waals surface area (Å²) >= 11 is 0. The minimum atomic E-state index is -0.969. The van der Waals surface area contributed by atoms with Gasteiger partial charge in [-0.05, 0) is 35.6 Å². The molecule has 1 unspecified atom stereocenters. The molecule has 0 saturated carbocycles. The first-order valence-electron chi connectivity index (χ1n) is 6.64. The van der Waals surface area contributed by atoms with Crippen molar-refractivity contribution in [2.24, 2.45) is 0 Å². The van der Waals surface area contributed by atoms with E-state index in [2.05, 4.69) is 0 Å². The highest BCUT2D eigenvalue weighted by molar-refractivity contribution is 5.90. The molecule has 0 fully saturated rings. The molecule has 0 aromatic heterocycles. The van der Waals surface area contributed by atoms with Gasteiger partial charge in [-0.3, -0.25) is 0 Å². The van der Waals surface area contributed by atoms with Crippen LogP contribution in [-0.2, 0) is 6.42 Å². The quantitative estimate of drug-likeness (QED) is 0.882. The maximum absolute atomic E-state index is 11.3. The second-order valence-electron chi connectivity index (χ2n) is 4.96. The van der Waals surface area contributed by atoms with Crippen LogP contribution in [0.2, 0.25) is 0 Å². The molecular weight excluding hydrogens is 268 g/mol. The van der Waals surface area contributed by atoms with Gasteiger partial charge in [-0.15, -0.1) is 0 Å². The number of carbonyl (C=O) groups is 2. The zero-order chi connectivity index (χ0) is 15.4. The Kier molecular flexibility index (Phi) is 4.38. The van der Waals surface area contributed by atoms with Crippen molar-refractivity contribution >= 4 is 11.9 Å². The van der Waals surface area contributed by atoms with Crippen molar-refractivity contribution < 1.29 is 19.8 Å². The third-order valence-corrected chi connectivity index (χ3v) is 3.50. The van der Waals surface area contributed by atoms with E-state index in [1.807, 2.05) is 6.92 Å². The predicted molar refractivity (Wildman–Crippen MR) is 78.9 cm³/mol. The summed E-state index contributed by atoms with van der Waals surface area (Å²) in [6.07, 6.45) is 0.479. The first-order valence-corrected chi connectivity index (χ1v) is 6.64. The Hall–Kier alpha value is -2.62. The normalized spacial score (nSPS) is 11.9. The van der Waals surface area contributed by atoms with Gasteiger partial charge in [0.25, 0.3) is 0 Å². The van der Waals surface area contributed by atoms with Gasteiger partial charge >= 0.3 is 11.9 Å². The lowest BCUT2D eigenvalue weighted by Gasteiger charge is -2.16. The average molecular weight is 284 g/mol. The molecule has 0 aliphatic carbocycles. The number of carboxylic acids is 2. The molecule has 4 heteroatoms. The van der Waals surface area contributed by atoms with E-state index in [-0.39, 0.29) is 17.0 Å². The van der Waals surface area contributed by atoms with Crippen LogP contribution in [0.3, 0.4) is 0 Å². The third kappa shape index (κ3) is 3.28. The van der Waals surface area contributed by atoms with E-state index in [0.29, 0.717) is 17.5 Å². The number of aromatic carboxylic acids is 2. The molecule has 1 atom stereocenters. The van der Waals surface area contributed by atoms with E-state index in [9.17, 15) is 19.8 Å². The van der Waals surface area contributed by atoms with Crippen LogP contribution in [-0.4, -0.2) is 22.2 Å². The smallest absolute Gasteiger partial charge is 0.335 e. The highest BCUT2D eigenvalue weighted by Crippen LogP contribution is 2.25. The molecule has 108 valence electrons. The first-order chi connectivity index (χ1) is 10.0. The fraction of sp³-hybridized carbons (Fsp3) is 0.176. The summed E-state index contributed by atoms with van der Waals surface area (Å²) in [5.41, 5.74) is 1.94. The molecule has 4 nitrogen and oxygen atoms in total. The van der Waals surface area contributed by atoms with Crippen LogP contribution in [0.25, 0.3) is 0 Å². The van der Waals surface area contributed by atoms with Gasteiger partial charge < -0.3 is 10.2 Å². The van der Waals surface area contributed by atoms with Gasteiger partial charge in [0.15, 0.2) is 0 Å². The lowest BCUT2D eigenvalue weighted by atomic mass is 9.88. The molecule has 0 amide bonds. The van der Waals surface area contributed by atoms with Gasteiger partial charge in [-0.25, -0.2) is 9.59 Å². The monoisotopic (exact) mass is 284 g/mol. The van der Waals surface area contributed by atoms with Gasteiger partial charge in [0.05, 0.1) is 11.1 Å². The van der Waals surface area contributed by atoms with Crippen molar-refractivity contribution in [1.29, 1.82) is 0 Å². The van der Waals surface area contributed by atoms with Gasteiger partial charge in [0.2, 0.25) is 0 Å². The summed E-state index contributed by atoms with van der Waals surface area (Å²) in [6.45, 7) is 1.90. The standard InChI is InChI=1S/C17H16O4/c1-11(13-7-4-5-9-15(13)17(20)21)10-12-6-2-3-8-14(12)16(18)19/h2-9,11H,10H2,1H3,(H,18,19)(H,20,21). The lowest BCUT2D eigenvalue weighted by molar-refractivity contribution is 0.0683. The van der Waals surface area contributed by atoms with Gasteiger partial charge in [-0.2, -0.15) is 0 Å². The molecule has 0 aliphatic rings. The molecule has 0 bridgehead atoms. The Bertz CT molecular complexity index is 676. The molecular formula is C17H16O4. The molecule has 2 rings (SSSR count). The summed E-state index contributed by atoms with van der Waals surface area (Å²) in [5, 5.41) is 18.4. The van der Waals surface area contributed by atoms with Crippen molar-refractivity contribution in [3.05, 3.63) is 70.8 Å². The van der Waals surface area contributed by atoms with Crippen LogP contribution in [0.5, 0.6) is 0 Å². The van der Waals surface area contributed by atoms with E-state index in [0.717, 1.165) is 0 Å². The lowest BCUT2D eigenvalue weighted by Crippen LogP contribution is -2.09. The number of carboxylic acid groups (broad SMARTS) is 2. The molecule has 0 radical (unpaired) electrons. The molecule has 0 heterocycles. The first kappa shape index (κ1) is 14.8. The van der Waals surface area contributed by atoms with Gasteiger partial charge in [0.1, 0.15) is 0 Å². The van der Waals surface area contributed by atoms with Gasteiger partial charge in [-0.1, -0.05) is 43.3 Å². The fourth-order valence-electron chi connectivity index (χ4n) is 2.47. The van der Waals surface area contributed by atoms with Crippen molar-refractivity contribution in [3.8, 4) is 0 Å². The Labute approximate surface area is 122 Å². The van der Waals surface area contributed by atoms with E-state index < -0.39 is 11.9 Å². The van der Waals surface area contributed by atoms with Crippen molar-refractivity contribution in [1.82, 2.24) is 0 Å². The van der Waals surface area contributed by atoms with E-state index in [1.54, 1.807) is 48.5 Å². The Morgan fingerprint density at radius 3 is 2.05 bits per heavy atom. The molecule has 2 N–H and O–H groups in total. The Morgan fingerprint density at radius 1 is 0.905 bits per heavy atom. The van der Waals surface area contributed by atoms with Crippen LogP contribution in [0.1, 0.15) is 44.7 Å². The second-order valence-corrected chi connectivity index (χ2v) is 4.96. The molecule has 2 aromatic rings. The zero-order valence-electron chi connectivity index (χ0n) is 11.6. The SMILES string of the molecule is CC(Cc1ccccc1C(=O)O)c1ccccc1C(=O)O. The minimum Gasteiger partial charge on any atom is -0.478 e. The number of rotatable bonds is 5. The predicted octanol–water partition coefficient (Wildman–Crippen LogP) is 3.43. The molecule has 0 spiro atoms. The van der Waals surface area contributed by atoms with Crippen molar-refractivity contribution in [2.75, 3.05) is 0 Å². The maximum Gasteiger partial charge on any atom is 0.335 e. The highest BCUT2D eigenvalue weighted by atomic mass is 16.4. The van der Waals surface area contributed by atoms with Crippen LogP contribution in [0.4, 0.5) is 0 Å². The topological polar surface area (TPSA) is 74.6 Å². The Balaban J connectivity index is 2.33.